The van der Waals surface area contributed by atoms with Crippen molar-refractivity contribution in [2.45, 2.75) is 39.2 Å². The van der Waals surface area contributed by atoms with Gasteiger partial charge in [-0.2, -0.15) is 10.2 Å². The van der Waals surface area contributed by atoms with E-state index in [1.807, 2.05) is 31.4 Å². The molecule has 0 radical (unpaired) electrons. The Kier molecular flexibility index (Phi) is 6.30. The number of carbonyl (C=O) groups excluding carboxylic acids is 1. The van der Waals surface area contributed by atoms with Crippen LogP contribution in [0.15, 0.2) is 20.4 Å². The van der Waals surface area contributed by atoms with Crippen LogP contribution in [-0.2, 0) is 16.0 Å². The summed E-state index contributed by atoms with van der Waals surface area (Å²) in [7, 11) is 0. The Balaban J connectivity index is 1.87. The molecule has 2 aromatic heterocycles. The molecular weight excluding hydrogens is 382 g/mol. The van der Waals surface area contributed by atoms with Gasteiger partial charge in [0.1, 0.15) is 6.10 Å². The van der Waals surface area contributed by atoms with Crippen LogP contribution in [0.2, 0.25) is 0 Å². The fourth-order valence-corrected chi connectivity index (χ4v) is 3.18. The van der Waals surface area contributed by atoms with Gasteiger partial charge in [0.15, 0.2) is 0 Å². The van der Waals surface area contributed by atoms with Gasteiger partial charge >= 0.3 is 5.97 Å². The maximum absolute atomic E-state index is 11.9. The average Bonchev–Trinajstić information content (AvgIpc) is 3.13. The lowest BCUT2D eigenvalue weighted by Gasteiger charge is -2.18. The predicted octanol–water partition coefficient (Wildman–Crippen LogP) is 3.97. The van der Waals surface area contributed by atoms with Crippen molar-refractivity contribution in [3.8, 4) is 16.8 Å². The van der Waals surface area contributed by atoms with Crippen molar-refractivity contribution in [3.05, 3.63) is 21.8 Å². The topological polar surface area (TPSA) is 89.0 Å². The van der Waals surface area contributed by atoms with Crippen molar-refractivity contribution < 1.29 is 14.1 Å². The first-order valence-corrected chi connectivity index (χ1v) is 8.80. The molecule has 0 N–H and O–H groups in total. The Morgan fingerprint density at radius 2 is 2.35 bits per heavy atom. The largest absolute Gasteiger partial charge is 0.461 e. The van der Waals surface area contributed by atoms with Gasteiger partial charge in [-0.15, -0.1) is 11.3 Å². The summed E-state index contributed by atoms with van der Waals surface area (Å²) < 4.78 is 11.4. The maximum Gasteiger partial charge on any atom is 0.306 e. The number of nitrogens with zero attached hydrogens (tertiary/aromatic N) is 3. The highest BCUT2D eigenvalue weighted by Gasteiger charge is 2.19. The normalized spacial score (nSPS) is 12.1. The highest BCUT2D eigenvalue weighted by Crippen LogP contribution is 2.27. The molecule has 0 aliphatic heterocycles. The number of carbonyl (C=O) groups is 1. The Morgan fingerprint density at radius 3 is 2.96 bits per heavy atom. The summed E-state index contributed by atoms with van der Waals surface area (Å²) in [6, 6.07) is 3.94. The number of thiophene rings is 1. The number of halogens is 1. The number of esters is 1. The molecule has 0 fully saturated rings. The second-order valence-electron chi connectivity index (χ2n) is 5.28. The number of rotatable bonds is 7. The van der Waals surface area contributed by atoms with Crippen molar-refractivity contribution in [1.82, 2.24) is 10.1 Å². The molecule has 2 heterocycles. The van der Waals surface area contributed by atoms with Gasteiger partial charge in [0.05, 0.1) is 23.8 Å². The van der Waals surface area contributed by atoms with E-state index in [9.17, 15) is 4.79 Å². The molecule has 23 heavy (non-hydrogen) atoms. The van der Waals surface area contributed by atoms with Crippen LogP contribution in [0, 0.1) is 17.2 Å². The van der Waals surface area contributed by atoms with E-state index in [1.165, 1.54) is 11.3 Å². The van der Waals surface area contributed by atoms with Crippen LogP contribution in [0.1, 0.15) is 32.6 Å². The van der Waals surface area contributed by atoms with E-state index in [4.69, 9.17) is 14.5 Å². The molecule has 1 unspecified atom stereocenters. The van der Waals surface area contributed by atoms with E-state index in [0.717, 1.165) is 9.35 Å². The summed E-state index contributed by atoms with van der Waals surface area (Å²) in [6.45, 7) is 3.83. The van der Waals surface area contributed by atoms with E-state index >= 15 is 0 Å². The van der Waals surface area contributed by atoms with Crippen LogP contribution in [0.5, 0.6) is 0 Å². The quantitative estimate of drug-likeness (QED) is 0.656. The first-order valence-electron chi connectivity index (χ1n) is 7.13. The van der Waals surface area contributed by atoms with E-state index in [0.29, 0.717) is 18.1 Å². The number of ether oxygens (including phenoxy) is 1. The summed E-state index contributed by atoms with van der Waals surface area (Å²) in [5.74, 6) is 0.639. The van der Waals surface area contributed by atoms with Crippen molar-refractivity contribution >= 4 is 33.2 Å². The zero-order chi connectivity index (χ0) is 16.8. The van der Waals surface area contributed by atoms with Gasteiger partial charge in [-0.3, -0.25) is 4.79 Å². The minimum absolute atomic E-state index is 0.103. The van der Waals surface area contributed by atoms with Crippen LogP contribution < -0.4 is 0 Å². The second-order valence-corrected chi connectivity index (χ2v) is 7.10. The fourth-order valence-electron chi connectivity index (χ4n) is 1.83. The number of hydrogen-bond donors (Lipinski definition) is 0. The Morgan fingerprint density at radius 1 is 1.57 bits per heavy atom. The Hall–Kier alpha value is -1.72. The van der Waals surface area contributed by atoms with Crippen LogP contribution >= 0.6 is 27.3 Å². The first-order chi connectivity index (χ1) is 11.0. The Labute approximate surface area is 146 Å². The molecule has 0 aliphatic rings. The molecule has 0 aromatic carbocycles. The summed E-state index contributed by atoms with van der Waals surface area (Å²) in [4.78, 5) is 17.0. The second kappa shape index (κ2) is 8.22. The minimum atomic E-state index is -0.380. The molecule has 8 heteroatoms. The van der Waals surface area contributed by atoms with Gasteiger partial charge in [0.25, 0.3) is 0 Å². The van der Waals surface area contributed by atoms with Crippen molar-refractivity contribution in [3.63, 3.8) is 0 Å². The summed E-state index contributed by atoms with van der Waals surface area (Å²) in [5, 5.41) is 14.6. The fraction of sp³-hybridized carbons (Fsp3) is 0.467. The van der Waals surface area contributed by atoms with Gasteiger partial charge in [0, 0.05) is 16.3 Å². The summed E-state index contributed by atoms with van der Waals surface area (Å²) in [6.07, 6.45) is 0.274. The summed E-state index contributed by atoms with van der Waals surface area (Å²) in [5.41, 5.74) is 0. The third-order valence-electron chi connectivity index (χ3n) is 3.12. The average molecular weight is 398 g/mol. The molecule has 6 nitrogen and oxygen atoms in total. The highest BCUT2D eigenvalue weighted by atomic mass is 79.9. The predicted molar refractivity (Wildman–Crippen MR) is 88.6 cm³/mol. The maximum atomic E-state index is 11.9. The lowest BCUT2D eigenvalue weighted by Crippen LogP contribution is -2.23. The number of aromatic nitrogens is 2. The third kappa shape index (κ3) is 5.15. The molecular formula is C15H16BrN3O3S. The molecule has 1 atom stereocenters. The molecule has 0 saturated carbocycles. The number of hydrogen-bond acceptors (Lipinski definition) is 7. The molecule has 0 saturated heterocycles. The highest BCUT2D eigenvalue weighted by molar-refractivity contribution is 9.10. The lowest BCUT2D eigenvalue weighted by molar-refractivity contribution is -0.151. The van der Waals surface area contributed by atoms with E-state index < -0.39 is 0 Å². The molecule has 0 aliphatic carbocycles. The molecule has 122 valence electrons. The number of aryl methyl sites for hydroxylation is 1. The minimum Gasteiger partial charge on any atom is -0.461 e. The van der Waals surface area contributed by atoms with Crippen LogP contribution in [0.3, 0.4) is 0 Å². The third-order valence-corrected chi connectivity index (χ3v) is 4.80. The number of nitriles is 1. The SMILES string of the molecule is CC(C)C(CC#N)OC(=O)CCc1nc(-c2cc(Br)cs2)no1. The van der Waals surface area contributed by atoms with Crippen LogP contribution in [0.4, 0.5) is 0 Å². The smallest absolute Gasteiger partial charge is 0.306 e. The van der Waals surface area contributed by atoms with Crippen molar-refractivity contribution in [2.24, 2.45) is 5.92 Å². The zero-order valence-electron chi connectivity index (χ0n) is 12.8. The van der Waals surface area contributed by atoms with Gasteiger partial charge in [-0.05, 0) is 27.9 Å². The standard InChI is InChI=1S/C15H16BrN3O3S/c1-9(2)11(5-6-17)21-14(20)4-3-13-18-15(19-22-13)12-7-10(16)8-23-12/h7-9,11H,3-5H2,1-2H3. The molecule has 2 aromatic rings. The van der Waals surface area contributed by atoms with Crippen molar-refractivity contribution in [2.75, 3.05) is 0 Å². The van der Waals surface area contributed by atoms with Gasteiger partial charge in [0.2, 0.25) is 11.7 Å². The molecule has 2 rings (SSSR count). The monoisotopic (exact) mass is 397 g/mol. The van der Waals surface area contributed by atoms with Gasteiger partial charge < -0.3 is 9.26 Å². The molecule has 0 bridgehead atoms. The van der Waals surface area contributed by atoms with Crippen LogP contribution in [0.25, 0.3) is 10.7 Å². The van der Waals surface area contributed by atoms with Crippen LogP contribution in [-0.4, -0.2) is 22.2 Å². The lowest BCUT2D eigenvalue weighted by atomic mass is 10.1. The van der Waals surface area contributed by atoms with E-state index in [2.05, 4.69) is 26.1 Å². The molecule has 0 amide bonds. The zero-order valence-corrected chi connectivity index (χ0v) is 15.2. The van der Waals surface area contributed by atoms with Crippen molar-refractivity contribution in [1.29, 1.82) is 5.26 Å². The van der Waals surface area contributed by atoms with E-state index in [1.54, 1.807) is 0 Å². The first kappa shape index (κ1) is 17.6. The van der Waals surface area contributed by atoms with Gasteiger partial charge in [-0.1, -0.05) is 19.0 Å². The van der Waals surface area contributed by atoms with Gasteiger partial charge in [-0.25, -0.2) is 0 Å². The molecule has 0 spiro atoms. The van der Waals surface area contributed by atoms with E-state index in [-0.39, 0.29) is 30.8 Å². The summed E-state index contributed by atoms with van der Waals surface area (Å²) >= 11 is 4.88. The Bertz CT molecular complexity index is 705.